The van der Waals surface area contributed by atoms with Crippen LogP contribution in [0.2, 0.25) is 0 Å². The Balaban J connectivity index is 1.17. The molecule has 9 aromatic carbocycles. The van der Waals surface area contributed by atoms with E-state index in [1.165, 1.54) is 70.3 Å². The van der Waals surface area contributed by atoms with E-state index in [1.54, 1.807) is 0 Å². The molecule has 3 nitrogen and oxygen atoms in total. The van der Waals surface area contributed by atoms with Gasteiger partial charge in [0, 0.05) is 26.5 Å². The second-order valence-electron chi connectivity index (χ2n) is 15.1. The molecule has 270 valence electrons. The number of nitrogens with zero attached hydrogens (tertiary/aromatic N) is 3. The van der Waals surface area contributed by atoms with Gasteiger partial charge < -0.3 is 0 Å². The predicted molar refractivity (Wildman–Crippen MR) is 238 cm³/mol. The lowest BCUT2D eigenvalue weighted by Crippen LogP contribution is -2.33. The zero-order valence-corrected chi connectivity index (χ0v) is 32.1. The molecule has 0 atom stereocenters. The Morgan fingerprint density at radius 1 is 0.310 bits per heavy atom. The van der Waals surface area contributed by atoms with Gasteiger partial charge in [-0.15, -0.1) is 0 Å². The second-order valence-corrected chi connectivity index (χ2v) is 16.1. The molecular formula is C54H33N3S. The van der Waals surface area contributed by atoms with E-state index < -0.39 is 5.41 Å². The normalized spacial score (nSPS) is 13.2. The van der Waals surface area contributed by atoms with Crippen molar-refractivity contribution < 1.29 is 0 Å². The van der Waals surface area contributed by atoms with Gasteiger partial charge in [0.25, 0.3) is 0 Å². The summed E-state index contributed by atoms with van der Waals surface area (Å²) in [5, 5.41) is 5.00. The highest BCUT2D eigenvalue weighted by molar-refractivity contribution is 8.00. The fraction of sp³-hybridized carbons (Fsp3) is 0.0185. The quantitative estimate of drug-likeness (QED) is 0.179. The molecule has 1 aliphatic carbocycles. The summed E-state index contributed by atoms with van der Waals surface area (Å²) >= 11 is 1.91. The van der Waals surface area contributed by atoms with E-state index in [9.17, 15) is 0 Å². The molecule has 1 spiro atoms. The van der Waals surface area contributed by atoms with Gasteiger partial charge in [-0.3, -0.25) is 0 Å². The van der Waals surface area contributed by atoms with Crippen LogP contribution in [0, 0.1) is 0 Å². The molecule has 10 aromatic rings. The van der Waals surface area contributed by atoms with Crippen molar-refractivity contribution in [1.82, 2.24) is 15.0 Å². The average Bonchev–Trinajstić information content (AvgIpc) is 3.60. The van der Waals surface area contributed by atoms with E-state index in [0.29, 0.717) is 17.5 Å². The van der Waals surface area contributed by atoms with Crippen molar-refractivity contribution in [3.8, 4) is 56.4 Å². The molecule has 1 aliphatic heterocycles. The van der Waals surface area contributed by atoms with Crippen molar-refractivity contribution in [2.75, 3.05) is 0 Å². The largest absolute Gasteiger partial charge is 0.208 e. The maximum Gasteiger partial charge on any atom is 0.164 e. The van der Waals surface area contributed by atoms with Crippen LogP contribution in [0.15, 0.2) is 210 Å². The van der Waals surface area contributed by atoms with Crippen molar-refractivity contribution in [2.24, 2.45) is 0 Å². The van der Waals surface area contributed by atoms with Crippen LogP contribution in [0.5, 0.6) is 0 Å². The number of fused-ring (bicyclic) bond motifs is 13. The van der Waals surface area contributed by atoms with Crippen LogP contribution in [-0.4, -0.2) is 15.0 Å². The average molecular weight is 756 g/mol. The van der Waals surface area contributed by atoms with Crippen LogP contribution < -0.4 is 0 Å². The summed E-state index contributed by atoms with van der Waals surface area (Å²) in [5.74, 6) is 1.94. The van der Waals surface area contributed by atoms with E-state index in [0.717, 1.165) is 22.3 Å². The standard InChI is InChI=1S/C54H33N3S/c1-3-14-34(15-4-1)35-26-28-39(29-27-35)52-55-51(38-18-5-2-6-19-38)56-53(57-52)44-24-13-23-43-42-22-11-12-25-45(42)54(48(43)44)46-32-30-36-16-7-9-20-40(36)49(46)58-50-41-21-10-8-17-37(41)31-33-47(50)54/h1-33H. The van der Waals surface area contributed by atoms with E-state index in [1.807, 2.05) is 36.0 Å². The smallest absolute Gasteiger partial charge is 0.164 e. The zero-order valence-electron chi connectivity index (χ0n) is 31.3. The van der Waals surface area contributed by atoms with E-state index in [-0.39, 0.29) is 0 Å². The van der Waals surface area contributed by atoms with Gasteiger partial charge in [0.2, 0.25) is 0 Å². The number of aromatic nitrogens is 3. The summed E-state index contributed by atoms with van der Waals surface area (Å²) in [6.45, 7) is 0. The van der Waals surface area contributed by atoms with Gasteiger partial charge in [-0.25, -0.2) is 15.0 Å². The molecule has 0 saturated heterocycles. The molecule has 2 heterocycles. The highest BCUT2D eigenvalue weighted by atomic mass is 32.2. The summed E-state index contributed by atoms with van der Waals surface area (Å²) in [6, 6.07) is 72.0. The summed E-state index contributed by atoms with van der Waals surface area (Å²) < 4.78 is 0. The Hall–Kier alpha value is -7.14. The molecule has 0 radical (unpaired) electrons. The minimum atomic E-state index is -0.649. The molecule has 0 N–H and O–H groups in total. The molecule has 58 heavy (non-hydrogen) atoms. The van der Waals surface area contributed by atoms with Crippen LogP contribution >= 0.6 is 11.8 Å². The number of hydrogen-bond donors (Lipinski definition) is 0. The minimum Gasteiger partial charge on any atom is -0.208 e. The molecular weight excluding hydrogens is 723 g/mol. The lowest BCUT2D eigenvalue weighted by Gasteiger charge is -2.41. The van der Waals surface area contributed by atoms with Crippen molar-refractivity contribution in [3.05, 3.63) is 222 Å². The first-order chi connectivity index (χ1) is 28.8. The van der Waals surface area contributed by atoms with Crippen molar-refractivity contribution in [3.63, 3.8) is 0 Å². The Labute approximate surface area is 340 Å². The Kier molecular flexibility index (Phi) is 7.38. The van der Waals surface area contributed by atoms with Gasteiger partial charge in [-0.2, -0.15) is 0 Å². The summed E-state index contributed by atoms with van der Waals surface area (Å²) in [5.41, 5.74) is 12.0. The Bertz CT molecular complexity index is 3160. The van der Waals surface area contributed by atoms with Crippen molar-refractivity contribution in [1.29, 1.82) is 0 Å². The van der Waals surface area contributed by atoms with E-state index in [2.05, 4.69) is 176 Å². The summed E-state index contributed by atoms with van der Waals surface area (Å²) in [7, 11) is 0. The third-order valence-electron chi connectivity index (χ3n) is 12.0. The lowest BCUT2D eigenvalue weighted by atomic mass is 9.65. The molecule has 0 saturated carbocycles. The predicted octanol–water partition coefficient (Wildman–Crippen LogP) is 13.7. The van der Waals surface area contributed by atoms with Gasteiger partial charge in [-0.1, -0.05) is 212 Å². The van der Waals surface area contributed by atoms with Crippen LogP contribution in [0.4, 0.5) is 0 Å². The Morgan fingerprint density at radius 2 is 0.776 bits per heavy atom. The molecule has 0 bridgehead atoms. The van der Waals surface area contributed by atoms with Gasteiger partial charge in [0.1, 0.15) is 0 Å². The maximum absolute atomic E-state index is 5.40. The second kappa shape index (κ2) is 13.0. The first-order valence-corrected chi connectivity index (χ1v) is 20.5. The van der Waals surface area contributed by atoms with Gasteiger partial charge in [0.05, 0.1) is 5.41 Å². The van der Waals surface area contributed by atoms with Crippen molar-refractivity contribution in [2.45, 2.75) is 15.2 Å². The lowest BCUT2D eigenvalue weighted by molar-refractivity contribution is 0.729. The summed E-state index contributed by atoms with van der Waals surface area (Å²) in [4.78, 5) is 18.5. The molecule has 1 aromatic heterocycles. The third-order valence-corrected chi connectivity index (χ3v) is 13.3. The Morgan fingerprint density at radius 3 is 1.43 bits per heavy atom. The van der Waals surface area contributed by atoms with Gasteiger partial charge >= 0.3 is 0 Å². The molecule has 0 amide bonds. The van der Waals surface area contributed by atoms with Crippen LogP contribution in [-0.2, 0) is 5.41 Å². The van der Waals surface area contributed by atoms with Crippen LogP contribution in [0.3, 0.4) is 0 Å². The molecule has 0 unspecified atom stereocenters. The number of benzene rings is 9. The fourth-order valence-corrected chi connectivity index (χ4v) is 10.9. The van der Waals surface area contributed by atoms with Crippen LogP contribution in [0.25, 0.3) is 78.0 Å². The third kappa shape index (κ3) is 4.85. The molecule has 12 rings (SSSR count). The number of hydrogen-bond acceptors (Lipinski definition) is 4. The van der Waals surface area contributed by atoms with Gasteiger partial charge in [0.15, 0.2) is 17.5 Å². The zero-order chi connectivity index (χ0) is 38.2. The van der Waals surface area contributed by atoms with Crippen molar-refractivity contribution >= 4 is 33.3 Å². The highest BCUT2D eigenvalue weighted by Crippen LogP contribution is 2.65. The number of rotatable bonds is 4. The monoisotopic (exact) mass is 755 g/mol. The van der Waals surface area contributed by atoms with E-state index >= 15 is 0 Å². The fourth-order valence-electron chi connectivity index (χ4n) is 9.43. The van der Waals surface area contributed by atoms with Gasteiger partial charge in [-0.05, 0) is 66.1 Å². The first-order valence-electron chi connectivity index (χ1n) is 19.7. The molecule has 4 heteroatoms. The molecule has 2 aliphatic rings. The molecule has 0 fully saturated rings. The SMILES string of the molecule is c1ccc(-c2ccc(-c3nc(-c4ccccc4)nc(-c4cccc5c4C4(c6ccccc6-5)c5ccc6ccccc6c5Sc5c4ccc4ccccc54)n3)cc2)cc1. The maximum atomic E-state index is 5.40. The minimum absolute atomic E-state index is 0.641. The van der Waals surface area contributed by atoms with E-state index in [4.69, 9.17) is 15.0 Å². The summed E-state index contributed by atoms with van der Waals surface area (Å²) in [6.07, 6.45) is 0. The topological polar surface area (TPSA) is 38.7 Å². The van der Waals surface area contributed by atoms with Crippen LogP contribution in [0.1, 0.15) is 22.3 Å². The highest BCUT2D eigenvalue weighted by Gasteiger charge is 2.52. The first kappa shape index (κ1) is 33.0.